The first kappa shape index (κ1) is 21.6. The van der Waals surface area contributed by atoms with Crippen LogP contribution in [0.4, 0.5) is 14.5 Å². The highest BCUT2D eigenvalue weighted by Gasteiger charge is 2.12. The summed E-state index contributed by atoms with van der Waals surface area (Å²) in [6.07, 6.45) is 0. The molecule has 154 valence electrons. The molecule has 2 rings (SSSR count). The minimum Gasteiger partial charge on any atom is -0.493 e. The van der Waals surface area contributed by atoms with Crippen LogP contribution in [0.3, 0.4) is 0 Å². The first-order valence-corrected chi connectivity index (χ1v) is 8.32. The molecule has 0 aliphatic carbocycles. The highest BCUT2D eigenvalue weighted by molar-refractivity contribution is 5.94. The SMILES string of the molecule is COc1ccccc1OCC(=O)OCC(=O)NCC(=O)Nc1ccc(F)c(F)c1. The van der Waals surface area contributed by atoms with Gasteiger partial charge < -0.3 is 24.8 Å². The molecule has 0 aliphatic rings. The highest BCUT2D eigenvalue weighted by atomic mass is 19.2. The topological polar surface area (TPSA) is 103 Å². The summed E-state index contributed by atoms with van der Waals surface area (Å²) in [6, 6.07) is 9.51. The smallest absolute Gasteiger partial charge is 0.344 e. The Labute approximate surface area is 164 Å². The van der Waals surface area contributed by atoms with Crippen LogP contribution in [-0.4, -0.2) is 44.7 Å². The average Bonchev–Trinajstić information content (AvgIpc) is 2.72. The van der Waals surface area contributed by atoms with Gasteiger partial charge in [-0.3, -0.25) is 9.59 Å². The zero-order chi connectivity index (χ0) is 21.2. The Balaban J connectivity index is 1.67. The van der Waals surface area contributed by atoms with Gasteiger partial charge in [-0.1, -0.05) is 12.1 Å². The molecule has 2 aromatic rings. The summed E-state index contributed by atoms with van der Waals surface area (Å²) >= 11 is 0. The summed E-state index contributed by atoms with van der Waals surface area (Å²) in [5.74, 6) is -3.58. The van der Waals surface area contributed by atoms with Gasteiger partial charge in [0.2, 0.25) is 5.91 Å². The van der Waals surface area contributed by atoms with Crippen LogP contribution in [0, 0.1) is 11.6 Å². The standard InChI is InChI=1S/C19H18F2N2O6/c1-27-15-4-2-3-5-16(15)28-11-19(26)29-10-18(25)22-9-17(24)23-12-6-7-13(20)14(21)8-12/h2-8H,9-11H2,1H3,(H,22,25)(H,23,24). The molecule has 0 spiro atoms. The lowest BCUT2D eigenvalue weighted by Crippen LogP contribution is -2.36. The van der Waals surface area contributed by atoms with Gasteiger partial charge in [0.1, 0.15) is 0 Å². The second-order valence-electron chi connectivity index (χ2n) is 5.55. The number of esters is 1. The Morgan fingerprint density at radius 1 is 0.931 bits per heavy atom. The number of hydrogen-bond acceptors (Lipinski definition) is 6. The number of para-hydroxylation sites is 2. The maximum absolute atomic E-state index is 13.1. The normalized spacial score (nSPS) is 10.0. The number of ether oxygens (including phenoxy) is 3. The lowest BCUT2D eigenvalue weighted by molar-refractivity contribution is -0.150. The van der Waals surface area contributed by atoms with Gasteiger partial charge in [-0.25, -0.2) is 13.6 Å². The van der Waals surface area contributed by atoms with E-state index >= 15 is 0 Å². The Hall–Kier alpha value is -3.69. The molecule has 2 amide bonds. The van der Waals surface area contributed by atoms with E-state index in [1.165, 1.54) is 13.2 Å². The largest absolute Gasteiger partial charge is 0.493 e. The molecule has 0 atom stereocenters. The molecule has 0 aliphatic heterocycles. The number of amides is 2. The number of methoxy groups -OCH3 is 1. The lowest BCUT2D eigenvalue weighted by atomic mass is 10.3. The molecule has 0 aromatic heterocycles. The molecule has 0 fully saturated rings. The third kappa shape index (κ3) is 7.09. The number of benzene rings is 2. The molecule has 0 saturated carbocycles. The first-order chi connectivity index (χ1) is 13.9. The van der Waals surface area contributed by atoms with Gasteiger partial charge in [0.05, 0.1) is 13.7 Å². The van der Waals surface area contributed by atoms with Gasteiger partial charge >= 0.3 is 5.97 Å². The molecule has 0 saturated heterocycles. The van der Waals surface area contributed by atoms with E-state index < -0.39 is 49.2 Å². The minimum atomic E-state index is -1.12. The van der Waals surface area contributed by atoms with Crippen molar-refractivity contribution in [3.8, 4) is 11.5 Å². The van der Waals surface area contributed by atoms with Crippen molar-refractivity contribution in [2.24, 2.45) is 0 Å². The van der Waals surface area contributed by atoms with Crippen LogP contribution in [0.5, 0.6) is 11.5 Å². The van der Waals surface area contributed by atoms with E-state index in [4.69, 9.17) is 14.2 Å². The molecular formula is C19H18F2N2O6. The van der Waals surface area contributed by atoms with Crippen LogP contribution in [0.25, 0.3) is 0 Å². The van der Waals surface area contributed by atoms with E-state index in [1.54, 1.807) is 24.3 Å². The van der Waals surface area contributed by atoms with Gasteiger partial charge in [-0.15, -0.1) is 0 Å². The van der Waals surface area contributed by atoms with Crippen molar-refractivity contribution in [1.82, 2.24) is 5.32 Å². The van der Waals surface area contributed by atoms with Crippen molar-refractivity contribution < 1.29 is 37.4 Å². The third-order valence-electron chi connectivity index (χ3n) is 3.43. The van der Waals surface area contributed by atoms with Crippen molar-refractivity contribution in [2.75, 3.05) is 32.2 Å². The van der Waals surface area contributed by atoms with Gasteiger partial charge in [0, 0.05) is 11.8 Å². The molecule has 8 nitrogen and oxygen atoms in total. The predicted octanol–water partition coefficient (Wildman–Crippen LogP) is 1.65. The van der Waals surface area contributed by atoms with E-state index in [0.717, 1.165) is 12.1 Å². The van der Waals surface area contributed by atoms with Crippen molar-refractivity contribution in [1.29, 1.82) is 0 Å². The maximum atomic E-state index is 13.1. The fourth-order valence-corrected chi connectivity index (χ4v) is 2.07. The highest BCUT2D eigenvalue weighted by Crippen LogP contribution is 2.25. The van der Waals surface area contributed by atoms with Crippen LogP contribution in [0.15, 0.2) is 42.5 Å². The second kappa shape index (κ2) is 10.6. The number of anilines is 1. The summed E-state index contributed by atoms with van der Waals surface area (Å²) in [4.78, 5) is 35.0. The van der Waals surface area contributed by atoms with E-state index in [2.05, 4.69) is 10.6 Å². The molecule has 0 unspecified atom stereocenters. The molecule has 0 bridgehead atoms. The molecule has 10 heteroatoms. The number of nitrogens with one attached hydrogen (secondary N) is 2. The first-order valence-electron chi connectivity index (χ1n) is 8.32. The summed E-state index contributed by atoms with van der Waals surface area (Å²) in [7, 11) is 1.45. The van der Waals surface area contributed by atoms with Crippen molar-refractivity contribution in [3.63, 3.8) is 0 Å². The number of rotatable bonds is 9. The molecule has 2 N–H and O–H groups in total. The zero-order valence-corrected chi connectivity index (χ0v) is 15.4. The molecule has 2 aromatic carbocycles. The summed E-state index contributed by atoms with van der Waals surface area (Å²) in [5.41, 5.74) is 0.0306. The molecule has 29 heavy (non-hydrogen) atoms. The Morgan fingerprint density at radius 2 is 1.66 bits per heavy atom. The monoisotopic (exact) mass is 408 g/mol. The van der Waals surface area contributed by atoms with Crippen LogP contribution >= 0.6 is 0 Å². The Morgan fingerprint density at radius 3 is 2.34 bits per heavy atom. The van der Waals surface area contributed by atoms with E-state index in [1.807, 2.05) is 0 Å². The van der Waals surface area contributed by atoms with Crippen LogP contribution in [0.2, 0.25) is 0 Å². The minimum absolute atomic E-state index is 0.0306. The summed E-state index contributed by atoms with van der Waals surface area (Å²) < 4.78 is 41.0. The van der Waals surface area contributed by atoms with Crippen LogP contribution in [0.1, 0.15) is 0 Å². The lowest BCUT2D eigenvalue weighted by Gasteiger charge is -2.10. The quantitative estimate of drug-likeness (QED) is 0.612. The maximum Gasteiger partial charge on any atom is 0.344 e. The fourth-order valence-electron chi connectivity index (χ4n) is 2.07. The van der Waals surface area contributed by atoms with Gasteiger partial charge in [-0.2, -0.15) is 0 Å². The van der Waals surface area contributed by atoms with E-state index in [9.17, 15) is 23.2 Å². The van der Waals surface area contributed by atoms with Crippen LogP contribution < -0.4 is 20.1 Å². The predicted molar refractivity (Wildman–Crippen MR) is 97.4 cm³/mol. The molecule has 0 radical (unpaired) electrons. The summed E-state index contributed by atoms with van der Waals surface area (Å²) in [6.45, 7) is -1.51. The van der Waals surface area contributed by atoms with Crippen LogP contribution in [-0.2, 0) is 19.1 Å². The van der Waals surface area contributed by atoms with Crippen molar-refractivity contribution in [2.45, 2.75) is 0 Å². The van der Waals surface area contributed by atoms with Gasteiger partial charge in [-0.05, 0) is 24.3 Å². The van der Waals surface area contributed by atoms with E-state index in [-0.39, 0.29) is 5.69 Å². The number of hydrogen-bond donors (Lipinski definition) is 2. The van der Waals surface area contributed by atoms with Gasteiger partial charge in [0.15, 0.2) is 36.3 Å². The second-order valence-corrected chi connectivity index (χ2v) is 5.55. The van der Waals surface area contributed by atoms with Gasteiger partial charge in [0.25, 0.3) is 5.91 Å². The Bertz CT molecular complexity index is 891. The number of carbonyl (C=O) groups excluding carboxylic acids is 3. The zero-order valence-electron chi connectivity index (χ0n) is 15.4. The fraction of sp³-hybridized carbons (Fsp3) is 0.211. The molecular weight excluding hydrogens is 390 g/mol. The third-order valence-corrected chi connectivity index (χ3v) is 3.43. The van der Waals surface area contributed by atoms with Crippen molar-refractivity contribution in [3.05, 3.63) is 54.1 Å². The Kier molecular flexibility index (Phi) is 7.89. The average molecular weight is 408 g/mol. The van der Waals surface area contributed by atoms with E-state index in [0.29, 0.717) is 11.5 Å². The molecule has 0 heterocycles. The number of halogens is 2. The summed E-state index contributed by atoms with van der Waals surface area (Å²) in [5, 5.41) is 4.50. The van der Waals surface area contributed by atoms with Crippen molar-refractivity contribution >= 4 is 23.5 Å². The number of carbonyl (C=O) groups is 3.